The van der Waals surface area contributed by atoms with Gasteiger partial charge < -0.3 is 10.1 Å². The number of anilines is 1. The number of nitrogens with zero attached hydrogens (tertiary/aromatic N) is 3. The fraction of sp³-hybridized carbons (Fsp3) is 0.250. The highest BCUT2D eigenvalue weighted by Crippen LogP contribution is 2.24. The molecule has 3 rings (SSSR count). The first kappa shape index (κ1) is 19.0. The molecule has 7 heteroatoms. The molecule has 2 aromatic carbocycles. The zero-order valence-corrected chi connectivity index (χ0v) is 16.4. The fourth-order valence-electron chi connectivity index (χ4n) is 2.66. The second kappa shape index (κ2) is 8.73. The van der Waals surface area contributed by atoms with Gasteiger partial charge in [-0.3, -0.25) is 9.36 Å². The highest BCUT2D eigenvalue weighted by atomic mass is 32.2. The number of aromatic nitrogens is 3. The summed E-state index contributed by atoms with van der Waals surface area (Å²) in [5.74, 6) is 1.73. The molecule has 0 aliphatic carbocycles. The lowest BCUT2D eigenvalue weighted by atomic mass is 10.2. The summed E-state index contributed by atoms with van der Waals surface area (Å²) < 4.78 is 7.38. The first-order chi connectivity index (χ1) is 13.1. The van der Waals surface area contributed by atoms with Gasteiger partial charge in [0, 0.05) is 5.69 Å². The maximum Gasteiger partial charge on any atom is 0.234 e. The molecule has 0 saturated heterocycles. The number of carbonyl (C=O) groups is 1. The molecule has 0 spiro atoms. The standard InChI is InChI=1S/C20H22N4O2S/c1-4-26-17-11-9-16(10-12-17)21-19(25)13-27-20-23-22-15(3)24(20)18-8-6-5-7-14(18)2/h5-12H,4,13H2,1-3H3,(H,21,25). The minimum absolute atomic E-state index is 0.0962. The molecule has 0 bridgehead atoms. The molecule has 1 heterocycles. The van der Waals surface area contributed by atoms with E-state index < -0.39 is 0 Å². The van der Waals surface area contributed by atoms with Crippen molar-refractivity contribution in [2.24, 2.45) is 0 Å². The van der Waals surface area contributed by atoms with Crippen LogP contribution in [-0.2, 0) is 4.79 Å². The Morgan fingerprint density at radius 3 is 2.56 bits per heavy atom. The number of amides is 1. The van der Waals surface area contributed by atoms with E-state index in [9.17, 15) is 4.79 Å². The van der Waals surface area contributed by atoms with Crippen LogP contribution in [0.1, 0.15) is 18.3 Å². The van der Waals surface area contributed by atoms with Gasteiger partial charge in [-0.2, -0.15) is 0 Å². The summed E-state index contributed by atoms with van der Waals surface area (Å²) in [6.07, 6.45) is 0. The van der Waals surface area contributed by atoms with E-state index in [-0.39, 0.29) is 11.7 Å². The summed E-state index contributed by atoms with van der Waals surface area (Å²) in [5, 5.41) is 12.0. The fourth-order valence-corrected chi connectivity index (χ4v) is 3.45. The van der Waals surface area contributed by atoms with Crippen molar-refractivity contribution >= 4 is 23.4 Å². The summed E-state index contributed by atoms with van der Waals surface area (Å²) in [6, 6.07) is 15.4. The number of rotatable bonds is 7. The molecule has 0 aliphatic heterocycles. The van der Waals surface area contributed by atoms with Crippen molar-refractivity contribution < 1.29 is 9.53 Å². The summed E-state index contributed by atoms with van der Waals surface area (Å²) in [7, 11) is 0. The molecule has 0 unspecified atom stereocenters. The third-order valence-electron chi connectivity index (χ3n) is 3.93. The van der Waals surface area contributed by atoms with E-state index in [1.165, 1.54) is 11.8 Å². The Morgan fingerprint density at radius 1 is 1.11 bits per heavy atom. The Labute approximate surface area is 163 Å². The molecular formula is C20H22N4O2S. The maximum absolute atomic E-state index is 12.3. The van der Waals surface area contributed by atoms with E-state index in [1.54, 1.807) is 0 Å². The van der Waals surface area contributed by atoms with E-state index >= 15 is 0 Å². The van der Waals surface area contributed by atoms with Crippen molar-refractivity contribution in [1.82, 2.24) is 14.8 Å². The number of hydrogen-bond donors (Lipinski definition) is 1. The normalized spacial score (nSPS) is 10.6. The minimum atomic E-state index is -0.0962. The third-order valence-corrected chi connectivity index (χ3v) is 4.86. The van der Waals surface area contributed by atoms with Gasteiger partial charge in [-0.25, -0.2) is 0 Å². The van der Waals surface area contributed by atoms with Crippen LogP contribution < -0.4 is 10.1 Å². The van der Waals surface area contributed by atoms with Crippen molar-refractivity contribution in [1.29, 1.82) is 0 Å². The van der Waals surface area contributed by atoms with Crippen LogP contribution in [0.2, 0.25) is 0 Å². The van der Waals surface area contributed by atoms with Crippen LogP contribution in [0.4, 0.5) is 5.69 Å². The molecule has 3 aromatic rings. The SMILES string of the molecule is CCOc1ccc(NC(=O)CSc2nnc(C)n2-c2ccccc2C)cc1. The van der Waals surface area contributed by atoms with E-state index in [0.29, 0.717) is 11.8 Å². The average Bonchev–Trinajstić information content (AvgIpc) is 3.03. The van der Waals surface area contributed by atoms with Crippen molar-refractivity contribution in [3.8, 4) is 11.4 Å². The number of carbonyl (C=O) groups excluding carboxylic acids is 1. The van der Waals surface area contributed by atoms with Crippen LogP contribution in [0.5, 0.6) is 5.75 Å². The molecule has 1 aromatic heterocycles. The molecule has 0 saturated carbocycles. The molecule has 0 radical (unpaired) electrons. The van der Waals surface area contributed by atoms with Crippen LogP contribution in [0, 0.1) is 13.8 Å². The molecule has 140 valence electrons. The van der Waals surface area contributed by atoms with Gasteiger partial charge >= 0.3 is 0 Å². The first-order valence-electron chi connectivity index (χ1n) is 8.72. The van der Waals surface area contributed by atoms with E-state index in [0.717, 1.165) is 28.5 Å². The van der Waals surface area contributed by atoms with Crippen molar-refractivity contribution in [3.05, 3.63) is 59.9 Å². The molecule has 6 nitrogen and oxygen atoms in total. The predicted molar refractivity (Wildman–Crippen MR) is 108 cm³/mol. The highest BCUT2D eigenvalue weighted by molar-refractivity contribution is 7.99. The molecule has 1 N–H and O–H groups in total. The highest BCUT2D eigenvalue weighted by Gasteiger charge is 2.14. The van der Waals surface area contributed by atoms with Gasteiger partial charge in [0.2, 0.25) is 5.91 Å². The Kier molecular flexibility index (Phi) is 6.13. The van der Waals surface area contributed by atoms with Gasteiger partial charge in [0.15, 0.2) is 5.16 Å². The molecule has 0 atom stereocenters. The van der Waals surface area contributed by atoms with Gasteiger partial charge in [-0.15, -0.1) is 10.2 Å². The average molecular weight is 382 g/mol. The monoisotopic (exact) mass is 382 g/mol. The zero-order chi connectivity index (χ0) is 19.2. The zero-order valence-electron chi connectivity index (χ0n) is 15.6. The number of nitrogens with one attached hydrogen (secondary N) is 1. The van der Waals surface area contributed by atoms with E-state index in [4.69, 9.17) is 4.74 Å². The third kappa shape index (κ3) is 4.68. The number of para-hydroxylation sites is 1. The van der Waals surface area contributed by atoms with Crippen molar-refractivity contribution in [3.63, 3.8) is 0 Å². The summed E-state index contributed by atoms with van der Waals surface area (Å²) >= 11 is 1.36. The predicted octanol–water partition coefficient (Wildman–Crippen LogP) is 4.01. The quantitative estimate of drug-likeness (QED) is 0.625. The van der Waals surface area contributed by atoms with Gasteiger partial charge in [0.25, 0.3) is 0 Å². The van der Waals surface area contributed by atoms with Gasteiger partial charge in [-0.05, 0) is 56.7 Å². The van der Waals surface area contributed by atoms with Crippen LogP contribution in [0.15, 0.2) is 53.7 Å². The Hall–Kier alpha value is -2.80. The summed E-state index contributed by atoms with van der Waals surface area (Å²) in [4.78, 5) is 12.3. The number of ether oxygens (including phenoxy) is 1. The molecule has 0 fully saturated rings. The molecular weight excluding hydrogens is 360 g/mol. The second-order valence-electron chi connectivity index (χ2n) is 5.95. The largest absolute Gasteiger partial charge is 0.494 e. The second-order valence-corrected chi connectivity index (χ2v) is 6.89. The van der Waals surface area contributed by atoms with Gasteiger partial charge in [-0.1, -0.05) is 30.0 Å². The van der Waals surface area contributed by atoms with Crippen LogP contribution >= 0.6 is 11.8 Å². The molecule has 0 aliphatic rings. The number of hydrogen-bond acceptors (Lipinski definition) is 5. The molecule has 1 amide bonds. The smallest absolute Gasteiger partial charge is 0.234 e. The number of thioether (sulfide) groups is 1. The van der Waals surface area contributed by atoms with Gasteiger partial charge in [0.05, 0.1) is 18.0 Å². The van der Waals surface area contributed by atoms with Crippen molar-refractivity contribution in [2.75, 3.05) is 17.7 Å². The van der Waals surface area contributed by atoms with Crippen LogP contribution in [0.25, 0.3) is 5.69 Å². The van der Waals surface area contributed by atoms with Crippen LogP contribution in [0.3, 0.4) is 0 Å². The number of aryl methyl sites for hydroxylation is 2. The summed E-state index contributed by atoms with van der Waals surface area (Å²) in [5.41, 5.74) is 2.89. The maximum atomic E-state index is 12.3. The number of benzene rings is 2. The Morgan fingerprint density at radius 2 is 1.85 bits per heavy atom. The van der Waals surface area contributed by atoms with Gasteiger partial charge in [0.1, 0.15) is 11.6 Å². The van der Waals surface area contributed by atoms with E-state index in [1.807, 2.05) is 73.9 Å². The topological polar surface area (TPSA) is 69.0 Å². The first-order valence-corrected chi connectivity index (χ1v) is 9.70. The van der Waals surface area contributed by atoms with E-state index in [2.05, 4.69) is 15.5 Å². The lowest BCUT2D eigenvalue weighted by Gasteiger charge is -2.11. The minimum Gasteiger partial charge on any atom is -0.494 e. The summed E-state index contributed by atoms with van der Waals surface area (Å²) in [6.45, 7) is 6.50. The van der Waals surface area contributed by atoms with Crippen molar-refractivity contribution in [2.45, 2.75) is 25.9 Å². The lowest BCUT2D eigenvalue weighted by molar-refractivity contribution is -0.113. The Balaban J connectivity index is 1.65. The Bertz CT molecular complexity index is 922. The van der Waals surface area contributed by atoms with Crippen LogP contribution in [-0.4, -0.2) is 33.0 Å². The lowest BCUT2D eigenvalue weighted by Crippen LogP contribution is -2.14. The molecule has 27 heavy (non-hydrogen) atoms.